The molecule has 4 aromatic rings. The SMILES string of the molecule is O=C(CSc1ccc(NC(=O)/C(=C\c2ccccc2)NC(=O)c2ccccc2)cc1)Nc1ccc2c(c1)OCCO2. The Kier molecular flexibility index (Phi) is 8.98. The van der Waals surface area contributed by atoms with Crippen molar-refractivity contribution < 1.29 is 23.9 Å². The largest absolute Gasteiger partial charge is 0.486 e. The van der Waals surface area contributed by atoms with Crippen molar-refractivity contribution in [3.05, 3.63) is 120 Å². The van der Waals surface area contributed by atoms with Crippen LogP contribution in [0.3, 0.4) is 0 Å². The average molecular weight is 566 g/mol. The molecule has 9 heteroatoms. The second kappa shape index (κ2) is 13.4. The van der Waals surface area contributed by atoms with Crippen molar-refractivity contribution in [1.82, 2.24) is 5.32 Å². The summed E-state index contributed by atoms with van der Waals surface area (Å²) in [6.07, 6.45) is 1.63. The van der Waals surface area contributed by atoms with Crippen molar-refractivity contribution in [2.75, 3.05) is 29.6 Å². The third kappa shape index (κ3) is 7.77. The second-order valence-electron chi connectivity index (χ2n) is 8.96. The molecule has 5 rings (SSSR count). The lowest BCUT2D eigenvalue weighted by atomic mass is 10.1. The number of hydrogen-bond donors (Lipinski definition) is 3. The minimum atomic E-state index is -0.461. The van der Waals surface area contributed by atoms with Gasteiger partial charge in [0.25, 0.3) is 11.8 Å². The summed E-state index contributed by atoms with van der Waals surface area (Å²) < 4.78 is 11.1. The number of fused-ring (bicyclic) bond motifs is 1. The van der Waals surface area contributed by atoms with Crippen molar-refractivity contribution in [1.29, 1.82) is 0 Å². The maximum Gasteiger partial charge on any atom is 0.272 e. The maximum absolute atomic E-state index is 13.2. The van der Waals surface area contributed by atoms with Gasteiger partial charge in [0.1, 0.15) is 18.9 Å². The molecule has 0 radical (unpaired) electrons. The number of nitrogens with one attached hydrogen (secondary N) is 3. The highest BCUT2D eigenvalue weighted by molar-refractivity contribution is 8.00. The van der Waals surface area contributed by atoms with Crippen molar-refractivity contribution in [2.45, 2.75) is 4.90 Å². The quantitative estimate of drug-likeness (QED) is 0.180. The van der Waals surface area contributed by atoms with Gasteiger partial charge in [-0.2, -0.15) is 0 Å². The average Bonchev–Trinajstić information content (AvgIpc) is 3.01. The van der Waals surface area contributed by atoms with Crippen molar-refractivity contribution >= 4 is 46.9 Å². The zero-order valence-electron chi connectivity index (χ0n) is 22.0. The van der Waals surface area contributed by atoms with Crippen LogP contribution < -0.4 is 25.4 Å². The molecular formula is C32H27N3O5S. The number of benzene rings is 4. The molecule has 1 aliphatic heterocycles. The van der Waals surface area contributed by atoms with Gasteiger partial charge < -0.3 is 25.4 Å². The number of anilines is 2. The smallest absolute Gasteiger partial charge is 0.272 e. The predicted octanol–water partition coefficient (Wildman–Crippen LogP) is 5.60. The van der Waals surface area contributed by atoms with Gasteiger partial charge in [-0.05, 0) is 60.2 Å². The summed E-state index contributed by atoms with van der Waals surface area (Å²) in [4.78, 5) is 39.3. The van der Waals surface area contributed by atoms with E-state index in [1.165, 1.54) is 11.8 Å². The molecule has 206 valence electrons. The van der Waals surface area contributed by atoms with Crippen molar-refractivity contribution in [2.24, 2.45) is 0 Å². The second-order valence-corrected chi connectivity index (χ2v) is 10.0. The highest BCUT2D eigenvalue weighted by atomic mass is 32.2. The molecule has 0 atom stereocenters. The summed E-state index contributed by atoms with van der Waals surface area (Å²) >= 11 is 1.37. The van der Waals surface area contributed by atoms with Crippen LogP contribution in [0.4, 0.5) is 11.4 Å². The van der Waals surface area contributed by atoms with E-state index in [0.29, 0.717) is 41.7 Å². The summed E-state index contributed by atoms with van der Waals surface area (Å²) in [5.74, 6) is 0.476. The van der Waals surface area contributed by atoms with Gasteiger partial charge in [0.15, 0.2) is 11.5 Å². The molecule has 8 nitrogen and oxygen atoms in total. The standard InChI is InChI=1S/C32H27N3O5S/c36-30(33-25-13-16-28-29(20-25)40-18-17-39-28)21-41-26-14-11-24(12-15-26)34-32(38)27(19-22-7-3-1-4-8-22)35-31(37)23-9-5-2-6-10-23/h1-16,19-20H,17-18,21H2,(H,33,36)(H,34,38)(H,35,37)/b27-19+. The predicted molar refractivity (Wildman–Crippen MR) is 160 cm³/mol. The molecule has 1 heterocycles. The monoisotopic (exact) mass is 565 g/mol. The minimum Gasteiger partial charge on any atom is -0.486 e. The van der Waals surface area contributed by atoms with E-state index in [1.807, 2.05) is 48.5 Å². The first kappa shape index (κ1) is 27.5. The molecule has 0 saturated heterocycles. The summed E-state index contributed by atoms with van der Waals surface area (Å²) in [6, 6.07) is 30.4. The number of hydrogen-bond acceptors (Lipinski definition) is 6. The van der Waals surface area contributed by atoms with Crippen LogP contribution in [-0.4, -0.2) is 36.7 Å². The van der Waals surface area contributed by atoms with Crippen molar-refractivity contribution in [3.8, 4) is 11.5 Å². The molecule has 0 spiro atoms. The Morgan fingerprint density at radius 1 is 0.732 bits per heavy atom. The fourth-order valence-electron chi connectivity index (χ4n) is 3.96. The molecule has 3 amide bonds. The van der Waals surface area contributed by atoms with Crippen LogP contribution in [0.15, 0.2) is 114 Å². The van der Waals surface area contributed by atoms with Gasteiger partial charge in [-0.3, -0.25) is 14.4 Å². The summed E-state index contributed by atoms with van der Waals surface area (Å²) in [5.41, 5.74) is 2.51. The van der Waals surface area contributed by atoms with Crippen LogP contribution in [0.5, 0.6) is 11.5 Å². The Morgan fingerprint density at radius 2 is 1.39 bits per heavy atom. The molecule has 0 aromatic heterocycles. The lowest BCUT2D eigenvalue weighted by molar-refractivity contribution is -0.114. The summed E-state index contributed by atoms with van der Waals surface area (Å²) in [7, 11) is 0. The third-order valence-electron chi connectivity index (χ3n) is 5.95. The molecule has 1 aliphatic rings. The summed E-state index contributed by atoms with van der Waals surface area (Å²) in [5, 5.41) is 8.43. The summed E-state index contributed by atoms with van der Waals surface area (Å²) in [6.45, 7) is 0.984. The molecule has 0 saturated carbocycles. The van der Waals surface area contributed by atoms with Gasteiger partial charge in [-0.1, -0.05) is 48.5 Å². The van der Waals surface area contributed by atoms with E-state index in [9.17, 15) is 14.4 Å². The van der Waals surface area contributed by atoms with Crippen LogP contribution in [0.2, 0.25) is 0 Å². The number of amides is 3. The molecule has 3 N–H and O–H groups in total. The number of ether oxygens (including phenoxy) is 2. The number of carbonyl (C=O) groups is 3. The highest BCUT2D eigenvalue weighted by Crippen LogP contribution is 2.32. The van der Waals surface area contributed by atoms with Crippen LogP contribution in [-0.2, 0) is 9.59 Å². The maximum atomic E-state index is 13.2. The van der Waals surface area contributed by atoms with Gasteiger partial charge in [-0.25, -0.2) is 0 Å². The van der Waals surface area contributed by atoms with Crippen molar-refractivity contribution in [3.63, 3.8) is 0 Å². The van der Waals surface area contributed by atoms with Gasteiger partial charge >= 0.3 is 0 Å². The van der Waals surface area contributed by atoms with Crippen LogP contribution >= 0.6 is 11.8 Å². The fraction of sp³-hybridized carbons (Fsp3) is 0.0938. The lowest BCUT2D eigenvalue weighted by Gasteiger charge is -2.19. The van der Waals surface area contributed by atoms with Gasteiger partial charge in [-0.15, -0.1) is 11.8 Å². The Labute approximate surface area is 241 Å². The topological polar surface area (TPSA) is 106 Å². The molecular weight excluding hydrogens is 538 g/mol. The van der Waals surface area contributed by atoms with E-state index in [1.54, 1.807) is 60.7 Å². The zero-order chi connectivity index (χ0) is 28.4. The van der Waals surface area contributed by atoms with Crippen LogP contribution in [0.1, 0.15) is 15.9 Å². The normalized spacial score (nSPS) is 12.2. The first-order valence-corrected chi connectivity index (χ1v) is 13.9. The van der Waals surface area contributed by atoms with Crippen LogP contribution in [0, 0.1) is 0 Å². The Balaban J connectivity index is 1.18. The van der Waals surface area contributed by atoms with E-state index in [2.05, 4.69) is 16.0 Å². The lowest BCUT2D eigenvalue weighted by Crippen LogP contribution is -2.30. The van der Waals surface area contributed by atoms with Gasteiger partial charge in [0.05, 0.1) is 5.75 Å². The zero-order valence-corrected chi connectivity index (χ0v) is 22.8. The van der Waals surface area contributed by atoms with E-state index < -0.39 is 5.91 Å². The Bertz CT molecular complexity index is 1560. The Morgan fingerprint density at radius 3 is 2.12 bits per heavy atom. The molecule has 0 aliphatic carbocycles. The molecule has 41 heavy (non-hydrogen) atoms. The number of rotatable bonds is 9. The first-order chi connectivity index (χ1) is 20.0. The van der Waals surface area contributed by atoms with Gasteiger partial charge in [0, 0.05) is 27.9 Å². The fourth-order valence-corrected chi connectivity index (χ4v) is 4.66. The van der Waals surface area contributed by atoms with E-state index in [0.717, 1.165) is 10.5 Å². The van der Waals surface area contributed by atoms with Gasteiger partial charge in [0.2, 0.25) is 5.91 Å². The highest BCUT2D eigenvalue weighted by Gasteiger charge is 2.16. The number of thioether (sulfide) groups is 1. The molecule has 0 unspecified atom stereocenters. The minimum absolute atomic E-state index is 0.110. The van der Waals surface area contributed by atoms with E-state index >= 15 is 0 Å². The molecule has 4 aromatic carbocycles. The first-order valence-electron chi connectivity index (χ1n) is 12.9. The molecule has 0 fully saturated rings. The number of carbonyl (C=O) groups excluding carboxylic acids is 3. The third-order valence-corrected chi connectivity index (χ3v) is 6.96. The molecule has 0 bridgehead atoms. The van der Waals surface area contributed by atoms with Crippen LogP contribution in [0.25, 0.3) is 6.08 Å². The van der Waals surface area contributed by atoms with E-state index in [-0.39, 0.29) is 23.3 Å². The van der Waals surface area contributed by atoms with E-state index in [4.69, 9.17) is 9.47 Å². The Hall–Kier alpha value is -5.02.